The molecule has 2 aliphatic rings. The summed E-state index contributed by atoms with van der Waals surface area (Å²) in [6.45, 7) is 4.29. The summed E-state index contributed by atoms with van der Waals surface area (Å²) >= 11 is 1.66. The lowest BCUT2D eigenvalue weighted by atomic mass is 10.1. The van der Waals surface area contributed by atoms with Gasteiger partial charge in [-0.25, -0.2) is 28.7 Å². The van der Waals surface area contributed by atoms with Crippen molar-refractivity contribution in [3.8, 4) is 5.88 Å². The number of aryl methyl sites for hydroxylation is 1. The van der Waals surface area contributed by atoms with Gasteiger partial charge in [-0.2, -0.15) is 39.5 Å². The Bertz CT molecular complexity index is 1220. The molecule has 1 aliphatic heterocycles. The number of aliphatic carboxylic acids is 3. The number of fused-ring (bicyclic) bond motifs is 2. The minimum absolute atomic E-state index is 0.00132. The van der Waals surface area contributed by atoms with E-state index in [0.29, 0.717) is 6.61 Å². The van der Waals surface area contributed by atoms with E-state index in [1.165, 1.54) is 6.07 Å². The van der Waals surface area contributed by atoms with Crippen molar-refractivity contribution in [2.45, 2.75) is 63.1 Å². The van der Waals surface area contributed by atoms with Crippen LogP contribution in [0, 0.1) is 12.7 Å². The molecule has 1 aliphatic carbocycles. The third-order valence-electron chi connectivity index (χ3n) is 5.40. The average Bonchev–Trinajstić information content (AvgIpc) is 3.44. The smallest absolute Gasteiger partial charge is 0.475 e. The molecule has 11 nitrogen and oxygen atoms in total. The van der Waals surface area contributed by atoms with E-state index in [0.717, 1.165) is 36.6 Å². The van der Waals surface area contributed by atoms with Crippen LogP contribution in [-0.2, 0) is 25.7 Å². The van der Waals surface area contributed by atoms with Gasteiger partial charge in [-0.3, -0.25) is 4.90 Å². The van der Waals surface area contributed by atoms with Crippen LogP contribution in [0.5, 0.6) is 5.88 Å². The first-order valence-electron chi connectivity index (χ1n) is 12.0. The Morgan fingerprint density at radius 1 is 0.978 bits per heavy atom. The number of carbonyl (C=O) groups is 3. The van der Waals surface area contributed by atoms with E-state index in [1.807, 2.05) is 6.92 Å². The van der Waals surface area contributed by atoms with Crippen molar-refractivity contribution in [2.75, 3.05) is 13.2 Å². The van der Waals surface area contributed by atoms with E-state index < -0.39 is 42.3 Å². The Morgan fingerprint density at radius 2 is 1.49 bits per heavy atom. The van der Waals surface area contributed by atoms with Gasteiger partial charge in [-0.05, 0) is 31.9 Å². The van der Waals surface area contributed by atoms with Crippen molar-refractivity contribution < 1.29 is 83.1 Å². The first kappa shape index (κ1) is 39.2. The van der Waals surface area contributed by atoms with Gasteiger partial charge in [-0.1, -0.05) is 0 Å². The standard InChI is InChI=1S/C17H20FN3O2S.3C2HF3O2/c1-11-20-12(10-24-11)9-21-7-8-22-15-5-4-14(21)16(15)23-17-13(18)3-2-6-19-17;3*3-2(4,5)1(6)7/h2-3,6,10,14-16H,4-5,7-9H2,1H3;3*(H,6,7). The zero-order valence-corrected chi connectivity index (χ0v) is 23.3. The number of thiazole rings is 1. The van der Waals surface area contributed by atoms with Gasteiger partial charge in [0.15, 0.2) is 5.82 Å². The average molecular weight is 691 g/mol. The summed E-state index contributed by atoms with van der Waals surface area (Å²) in [4.78, 5) is 37.6. The van der Waals surface area contributed by atoms with Gasteiger partial charge in [0.1, 0.15) is 6.10 Å². The number of ether oxygens (including phenoxy) is 2. The summed E-state index contributed by atoms with van der Waals surface area (Å²) in [5.41, 5.74) is 1.07. The summed E-state index contributed by atoms with van der Waals surface area (Å²) in [6.07, 6.45) is -12.0. The number of hydrogen-bond donors (Lipinski definition) is 3. The largest absolute Gasteiger partial charge is 0.490 e. The lowest BCUT2D eigenvalue weighted by molar-refractivity contribution is -0.193. The maximum absolute atomic E-state index is 13.9. The molecule has 3 atom stereocenters. The molecule has 4 rings (SSSR count). The van der Waals surface area contributed by atoms with E-state index >= 15 is 0 Å². The van der Waals surface area contributed by atoms with E-state index in [-0.39, 0.29) is 24.1 Å². The van der Waals surface area contributed by atoms with Crippen LogP contribution in [0.15, 0.2) is 23.7 Å². The van der Waals surface area contributed by atoms with Crippen LogP contribution in [0.3, 0.4) is 0 Å². The molecule has 45 heavy (non-hydrogen) atoms. The van der Waals surface area contributed by atoms with E-state index in [9.17, 15) is 43.9 Å². The van der Waals surface area contributed by atoms with Gasteiger partial charge < -0.3 is 24.8 Å². The summed E-state index contributed by atoms with van der Waals surface area (Å²) in [7, 11) is 0. The minimum atomic E-state index is -5.08. The number of alkyl halides is 9. The molecule has 3 N–H and O–H groups in total. The molecule has 0 spiro atoms. The molecule has 3 unspecified atom stereocenters. The summed E-state index contributed by atoms with van der Waals surface area (Å²) < 4.78 is 121. The number of aromatic nitrogens is 2. The molecule has 0 amide bonds. The predicted octanol–water partition coefficient (Wildman–Crippen LogP) is 4.70. The summed E-state index contributed by atoms with van der Waals surface area (Å²) in [5, 5.41) is 24.5. The first-order valence-corrected chi connectivity index (χ1v) is 12.9. The Hall–Kier alpha value is -3.79. The number of pyridine rings is 1. The zero-order valence-electron chi connectivity index (χ0n) is 22.5. The molecule has 0 aromatic carbocycles. The van der Waals surface area contributed by atoms with Gasteiger partial charge in [0.25, 0.3) is 5.88 Å². The van der Waals surface area contributed by atoms with Gasteiger partial charge >= 0.3 is 36.4 Å². The second kappa shape index (κ2) is 16.5. The molecule has 0 radical (unpaired) electrons. The molecular formula is C23H23F10N3O8S. The maximum Gasteiger partial charge on any atom is 0.490 e. The highest BCUT2D eigenvalue weighted by Crippen LogP contribution is 2.34. The first-order chi connectivity index (χ1) is 20.5. The number of carboxylic acids is 3. The maximum atomic E-state index is 13.9. The monoisotopic (exact) mass is 691 g/mol. The van der Waals surface area contributed by atoms with Crippen molar-refractivity contribution in [2.24, 2.45) is 0 Å². The SMILES string of the molecule is Cc1nc(CN2CCOC3CCC2C3Oc2ncccc2F)cs1.O=C(O)C(F)(F)F.O=C(O)C(F)(F)F.O=C(O)C(F)(F)F. The van der Waals surface area contributed by atoms with Crippen molar-refractivity contribution in [1.29, 1.82) is 0 Å². The molecule has 1 saturated heterocycles. The molecule has 3 heterocycles. The van der Waals surface area contributed by atoms with Crippen molar-refractivity contribution >= 4 is 29.2 Å². The predicted molar refractivity (Wildman–Crippen MR) is 130 cm³/mol. The van der Waals surface area contributed by atoms with Gasteiger partial charge in [0.2, 0.25) is 0 Å². The fourth-order valence-electron chi connectivity index (χ4n) is 3.59. The van der Waals surface area contributed by atoms with Gasteiger partial charge in [0, 0.05) is 30.7 Å². The van der Waals surface area contributed by atoms with Crippen LogP contribution in [0.25, 0.3) is 0 Å². The number of rotatable bonds is 4. The topological polar surface area (TPSA) is 159 Å². The second-order valence-corrected chi connectivity index (χ2v) is 9.73. The summed E-state index contributed by atoms with van der Waals surface area (Å²) in [5.74, 6) is -8.63. The quantitative estimate of drug-likeness (QED) is 0.382. The number of halogens is 10. The fraction of sp³-hybridized carbons (Fsp3) is 0.522. The van der Waals surface area contributed by atoms with Crippen molar-refractivity contribution in [1.82, 2.24) is 14.9 Å². The Labute approximate surface area is 250 Å². The molecular weight excluding hydrogens is 668 g/mol. The Balaban J connectivity index is 0.000000396. The van der Waals surface area contributed by atoms with Crippen LogP contribution in [0.2, 0.25) is 0 Å². The van der Waals surface area contributed by atoms with E-state index in [1.54, 1.807) is 23.6 Å². The zero-order chi connectivity index (χ0) is 34.8. The van der Waals surface area contributed by atoms with Crippen LogP contribution in [0.4, 0.5) is 43.9 Å². The van der Waals surface area contributed by atoms with Crippen molar-refractivity contribution in [3.63, 3.8) is 0 Å². The number of carboxylic acid groups (broad SMARTS) is 3. The normalized spacial score (nSPS) is 19.8. The lowest BCUT2D eigenvalue weighted by Gasteiger charge is -2.30. The van der Waals surface area contributed by atoms with E-state index in [2.05, 4.69) is 20.2 Å². The van der Waals surface area contributed by atoms with Crippen LogP contribution >= 0.6 is 11.3 Å². The molecule has 2 bridgehead atoms. The highest BCUT2D eigenvalue weighted by Gasteiger charge is 2.45. The third-order valence-corrected chi connectivity index (χ3v) is 6.23. The minimum Gasteiger partial charge on any atom is -0.475 e. The number of hydrogen-bond acceptors (Lipinski definition) is 9. The molecule has 22 heteroatoms. The highest BCUT2D eigenvalue weighted by atomic mass is 32.1. The van der Waals surface area contributed by atoms with Gasteiger partial charge in [0.05, 0.1) is 23.4 Å². The molecule has 1 saturated carbocycles. The molecule has 2 aromatic heterocycles. The lowest BCUT2D eigenvalue weighted by Crippen LogP contribution is -2.44. The molecule has 2 fully saturated rings. The van der Waals surface area contributed by atoms with E-state index in [4.69, 9.17) is 39.2 Å². The van der Waals surface area contributed by atoms with Crippen LogP contribution < -0.4 is 4.74 Å². The Morgan fingerprint density at radius 3 is 1.91 bits per heavy atom. The van der Waals surface area contributed by atoms with Gasteiger partial charge in [-0.15, -0.1) is 11.3 Å². The Kier molecular flexibility index (Phi) is 14.4. The summed E-state index contributed by atoms with van der Waals surface area (Å²) in [6, 6.07) is 3.13. The second-order valence-electron chi connectivity index (χ2n) is 8.66. The van der Waals surface area contributed by atoms with Crippen molar-refractivity contribution in [3.05, 3.63) is 40.2 Å². The molecule has 2 aromatic rings. The number of nitrogens with zero attached hydrogens (tertiary/aromatic N) is 3. The van der Waals surface area contributed by atoms with Crippen LogP contribution in [-0.4, -0.2) is 98.0 Å². The molecule has 254 valence electrons. The fourth-order valence-corrected chi connectivity index (χ4v) is 4.20. The highest BCUT2D eigenvalue weighted by molar-refractivity contribution is 7.09. The van der Waals surface area contributed by atoms with Crippen LogP contribution in [0.1, 0.15) is 23.5 Å². The third kappa shape index (κ3) is 13.8.